The number of aliphatic hydroxyl groups excluding tert-OH is 1. The molecule has 0 radical (unpaired) electrons. The summed E-state index contributed by atoms with van der Waals surface area (Å²) in [6.07, 6.45) is -1.64. The molecule has 0 fully saturated rings. The molecule has 0 aliphatic rings. The van der Waals surface area contributed by atoms with Crippen LogP contribution in [0.4, 0.5) is 14.5 Å². The van der Waals surface area contributed by atoms with E-state index in [4.69, 9.17) is 10.8 Å². The monoisotopic (exact) mass is 300 g/mol. The third kappa shape index (κ3) is 2.05. The molecule has 0 aliphatic heterocycles. The topological polar surface area (TPSA) is 59.1 Å². The lowest BCUT2D eigenvalue weighted by Crippen LogP contribution is -2.04. The molecule has 1 aromatic heterocycles. The summed E-state index contributed by atoms with van der Waals surface area (Å²) in [5, 5.41) is 8.76. The van der Waals surface area contributed by atoms with Gasteiger partial charge in [0.15, 0.2) is 0 Å². The van der Waals surface area contributed by atoms with Crippen LogP contribution in [0, 0.1) is 3.57 Å². The van der Waals surface area contributed by atoms with E-state index in [9.17, 15) is 8.78 Å². The molecule has 0 aromatic carbocycles. The molecule has 0 amide bonds. The number of rotatable bonds is 2. The summed E-state index contributed by atoms with van der Waals surface area (Å²) in [6.45, 7) is -0.300. The fourth-order valence-electron chi connectivity index (χ4n) is 0.840. The second-order valence-electron chi connectivity index (χ2n) is 2.35. The number of nitrogens with zero attached hydrogens (tertiary/aromatic N) is 1. The van der Waals surface area contributed by atoms with Gasteiger partial charge in [-0.3, -0.25) is 4.98 Å². The van der Waals surface area contributed by atoms with Crippen molar-refractivity contribution in [3.63, 3.8) is 0 Å². The number of aromatic nitrogens is 1. The van der Waals surface area contributed by atoms with Crippen LogP contribution < -0.4 is 5.73 Å². The van der Waals surface area contributed by atoms with Crippen LogP contribution in [-0.4, -0.2) is 10.1 Å². The van der Waals surface area contributed by atoms with Crippen LogP contribution >= 0.6 is 22.6 Å². The van der Waals surface area contributed by atoms with Gasteiger partial charge in [-0.15, -0.1) is 0 Å². The second-order valence-corrected chi connectivity index (χ2v) is 3.43. The molecule has 13 heavy (non-hydrogen) atoms. The minimum Gasteiger partial charge on any atom is -0.397 e. The van der Waals surface area contributed by atoms with Crippen molar-refractivity contribution in [2.45, 2.75) is 13.0 Å². The zero-order valence-corrected chi connectivity index (χ0v) is 8.62. The van der Waals surface area contributed by atoms with E-state index in [2.05, 4.69) is 4.98 Å². The molecular formula is C7H7F2IN2O. The minimum atomic E-state index is -2.63. The number of alkyl halides is 2. The molecule has 0 bridgehead atoms. The Morgan fingerprint density at radius 2 is 2.23 bits per heavy atom. The predicted octanol–water partition coefficient (Wildman–Crippen LogP) is 1.70. The van der Waals surface area contributed by atoms with E-state index in [0.29, 0.717) is 9.26 Å². The van der Waals surface area contributed by atoms with Gasteiger partial charge in [-0.2, -0.15) is 0 Å². The first-order valence-electron chi connectivity index (χ1n) is 3.39. The maximum absolute atomic E-state index is 12.3. The van der Waals surface area contributed by atoms with Crippen molar-refractivity contribution >= 4 is 28.3 Å². The minimum absolute atomic E-state index is 0.00495. The fourth-order valence-corrected chi connectivity index (χ4v) is 1.46. The molecule has 0 aliphatic carbocycles. The largest absolute Gasteiger partial charge is 0.397 e. The first-order valence-corrected chi connectivity index (χ1v) is 4.47. The van der Waals surface area contributed by atoms with E-state index < -0.39 is 6.43 Å². The lowest BCUT2D eigenvalue weighted by Gasteiger charge is -2.08. The first-order chi connectivity index (χ1) is 6.07. The average molecular weight is 300 g/mol. The zero-order valence-electron chi connectivity index (χ0n) is 6.47. The van der Waals surface area contributed by atoms with Gasteiger partial charge in [0.1, 0.15) is 0 Å². The molecule has 3 nitrogen and oxygen atoms in total. The van der Waals surface area contributed by atoms with Crippen LogP contribution in [0.5, 0.6) is 0 Å². The van der Waals surface area contributed by atoms with Gasteiger partial charge in [-0.1, -0.05) is 0 Å². The van der Waals surface area contributed by atoms with Gasteiger partial charge in [0.2, 0.25) is 0 Å². The highest BCUT2D eigenvalue weighted by Gasteiger charge is 2.16. The third-order valence-corrected chi connectivity index (χ3v) is 2.75. The van der Waals surface area contributed by atoms with Gasteiger partial charge >= 0.3 is 0 Å². The number of anilines is 1. The summed E-state index contributed by atoms with van der Waals surface area (Å²) in [4.78, 5) is 3.66. The number of nitrogens with two attached hydrogens (primary N) is 1. The summed E-state index contributed by atoms with van der Waals surface area (Å²) in [5.41, 5.74) is 5.45. The second kappa shape index (κ2) is 4.14. The molecule has 1 heterocycles. The Balaban J connectivity index is 3.23. The van der Waals surface area contributed by atoms with Crippen LogP contribution in [0.2, 0.25) is 0 Å². The quantitative estimate of drug-likeness (QED) is 0.817. The first kappa shape index (κ1) is 10.6. The number of hydrogen-bond acceptors (Lipinski definition) is 3. The van der Waals surface area contributed by atoms with Crippen molar-refractivity contribution in [3.8, 4) is 0 Å². The number of halogens is 3. The summed E-state index contributed by atoms with van der Waals surface area (Å²) in [7, 11) is 0. The normalized spacial score (nSPS) is 10.8. The molecule has 1 rings (SSSR count). The van der Waals surface area contributed by atoms with Crippen LogP contribution in [-0.2, 0) is 6.61 Å². The lowest BCUT2D eigenvalue weighted by atomic mass is 10.2. The highest BCUT2D eigenvalue weighted by molar-refractivity contribution is 14.1. The van der Waals surface area contributed by atoms with Crippen molar-refractivity contribution in [3.05, 3.63) is 21.0 Å². The maximum Gasteiger partial charge on any atom is 0.267 e. The van der Waals surface area contributed by atoms with E-state index in [1.54, 1.807) is 22.6 Å². The molecule has 0 saturated heterocycles. The average Bonchev–Trinajstić information content (AvgIpc) is 2.09. The summed E-state index contributed by atoms with van der Waals surface area (Å²) >= 11 is 1.78. The van der Waals surface area contributed by atoms with E-state index in [1.807, 2.05) is 0 Å². The standard InChI is InChI=1S/C7H7F2IN2O/c8-7(9)3-1-12-4(2-13)5(10)6(3)11/h1,7,13H,2H2,(H2,11,12). The van der Waals surface area contributed by atoms with Gasteiger partial charge in [0.05, 0.1) is 27.1 Å². The Morgan fingerprint density at radius 1 is 1.62 bits per heavy atom. The Morgan fingerprint density at radius 3 is 2.69 bits per heavy atom. The third-order valence-electron chi connectivity index (χ3n) is 1.55. The van der Waals surface area contributed by atoms with Crippen LogP contribution in [0.1, 0.15) is 17.7 Å². The summed E-state index contributed by atoms with van der Waals surface area (Å²) in [6, 6.07) is 0. The Kier molecular flexibility index (Phi) is 3.37. The summed E-state index contributed by atoms with van der Waals surface area (Å²) < 4.78 is 24.9. The number of pyridine rings is 1. The van der Waals surface area contributed by atoms with Crippen LogP contribution in [0.15, 0.2) is 6.20 Å². The van der Waals surface area contributed by atoms with E-state index >= 15 is 0 Å². The molecule has 0 unspecified atom stereocenters. The molecule has 6 heteroatoms. The number of hydrogen-bond donors (Lipinski definition) is 2. The molecule has 0 atom stereocenters. The van der Waals surface area contributed by atoms with E-state index in [0.717, 1.165) is 6.20 Å². The van der Waals surface area contributed by atoms with E-state index in [1.165, 1.54) is 0 Å². The molecular weight excluding hydrogens is 293 g/mol. The number of aliphatic hydroxyl groups is 1. The Hall–Kier alpha value is -0.500. The Labute approximate surface area is 87.1 Å². The van der Waals surface area contributed by atoms with E-state index in [-0.39, 0.29) is 17.9 Å². The van der Waals surface area contributed by atoms with Gasteiger partial charge in [0, 0.05) is 6.20 Å². The summed E-state index contributed by atoms with van der Waals surface area (Å²) in [5.74, 6) is 0. The van der Waals surface area contributed by atoms with Crippen molar-refractivity contribution in [1.29, 1.82) is 0 Å². The number of nitrogen functional groups attached to an aromatic ring is 1. The van der Waals surface area contributed by atoms with Crippen molar-refractivity contribution in [1.82, 2.24) is 4.98 Å². The van der Waals surface area contributed by atoms with Gasteiger partial charge < -0.3 is 10.8 Å². The van der Waals surface area contributed by atoms with Crippen molar-refractivity contribution in [2.75, 3.05) is 5.73 Å². The zero-order chi connectivity index (χ0) is 10.0. The maximum atomic E-state index is 12.3. The Bertz CT molecular complexity index is 320. The van der Waals surface area contributed by atoms with Gasteiger partial charge in [-0.25, -0.2) is 8.78 Å². The molecule has 1 aromatic rings. The van der Waals surface area contributed by atoms with Crippen LogP contribution in [0.25, 0.3) is 0 Å². The molecule has 72 valence electrons. The molecule has 0 saturated carbocycles. The molecule has 3 N–H and O–H groups in total. The highest BCUT2D eigenvalue weighted by atomic mass is 127. The van der Waals surface area contributed by atoms with Crippen molar-refractivity contribution in [2.24, 2.45) is 0 Å². The van der Waals surface area contributed by atoms with Gasteiger partial charge in [0.25, 0.3) is 6.43 Å². The SMILES string of the molecule is Nc1c(C(F)F)cnc(CO)c1I. The molecule has 0 spiro atoms. The highest BCUT2D eigenvalue weighted by Crippen LogP contribution is 2.29. The fraction of sp³-hybridized carbons (Fsp3) is 0.286. The predicted molar refractivity (Wildman–Crippen MR) is 52.2 cm³/mol. The lowest BCUT2D eigenvalue weighted by molar-refractivity contribution is 0.151. The smallest absolute Gasteiger partial charge is 0.267 e. The van der Waals surface area contributed by atoms with Crippen molar-refractivity contribution < 1.29 is 13.9 Å². The van der Waals surface area contributed by atoms with Crippen LogP contribution in [0.3, 0.4) is 0 Å². The van der Waals surface area contributed by atoms with Gasteiger partial charge in [-0.05, 0) is 22.6 Å².